The van der Waals surface area contributed by atoms with Gasteiger partial charge in [-0.1, -0.05) is 12.1 Å². The summed E-state index contributed by atoms with van der Waals surface area (Å²) in [6.07, 6.45) is 1.36. The summed E-state index contributed by atoms with van der Waals surface area (Å²) in [6.45, 7) is 4.39. The summed E-state index contributed by atoms with van der Waals surface area (Å²) >= 11 is 0. The van der Waals surface area contributed by atoms with Crippen LogP contribution < -0.4 is 5.73 Å². The first-order chi connectivity index (χ1) is 16.7. The number of aryl methyl sites for hydroxylation is 1. The molecule has 2 aromatic rings. The summed E-state index contributed by atoms with van der Waals surface area (Å²) < 4.78 is 36.1. The van der Waals surface area contributed by atoms with Gasteiger partial charge in [0.25, 0.3) is 5.91 Å². The number of aliphatic hydroxyl groups is 1. The normalized spacial score (nSPS) is 19.3. The molecular weight excluding hydrogens is 457 g/mol. The topological polar surface area (TPSA) is 82.2 Å². The minimum absolute atomic E-state index is 0.169. The van der Waals surface area contributed by atoms with Crippen molar-refractivity contribution in [2.75, 3.05) is 19.6 Å². The molecule has 0 aromatic heterocycles. The maximum absolute atomic E-state index is 12.8. The summed E-state index contributed by atoms with van der Waals surface area (Å²) in [7, 11) is 0. The number of carbonyl (C=O) groups excluding carboxylic acids is 1. The van der Waals surface area contributed by atoms with Crippen LogP contribution in [0.1, 0.15) is 70.8 Å². The third-order valence-electron chi connectivity index (χ3n) is 6.79. The highest BCUT2D eigenvalue weighted by atomic mass is 19.4. The van der Waals surface area contributed by atoms with Crippen LogP contribution in [-0.2, 0) is 12.8 Å². The molecule has 0 spiro atoms. The standard InChI is InChI=1S/C18H24N4O.C8H7F3O/c1-12-10-13(17(23)21-7-3-2-4-8-21)11-14-15-6-5-9-22(15)18(19)20-16(12)14;9-8(10,11)7-3-1-2-6(4-7)5-12/h10-11,15H,2-9H2,1H3,(H2,19,20);1-4,12H,5H2. The van der Waals surface area contributed by atoms with Crippen LogP contribution >= 0.6 is 0 Å². The molecule has 0 aliphatic carbocycles. The van der Waals surface area contributed by atoms with E-state index in [0.717, 1.165) is 74.3 Å². The Labute approximate surface area is 203 Å². The van der Waals surface area contributed by atoms with E-state index in [0.29, 0.717) is 5.96 Å². The van der Waals surface area contributed by atoms with Gasteiger partial charge in [0.1, 0.15) is 0 Å². The molecule has 188 valence electrons. The average molecular weight is 489 g/mol. The van der Waals surface area contributed by atoms with Crippen molar-refractivity contribution in [2.24, 2.45) is 10.7 Å². The fourth-order valence-electron chi connectivity index (χ4n) is 5.01. The van der Waals surface area contributed by atoms with E-state index < -0.39 is 11.7 Å². The second-order valence-corrected chi connectivity index (χ2v) is 9.26. The Bertz CT molecular complexity index is 1110. The first kappa shape index (κ1) is 25.0. The highest BCUT2D eigenvalue weighted by Gasteiger charge is 2.34. The van der Waals surface area contributed by atoms with Gasteiger partial charge in [-0.2, -0.15) is 13.2 Å². The molecule has 9 heteroatoms. The molecule has 0 bridgehead atoms. The monoisotopic (exact) mass is 488 g/mol. The van der Waals surface area contributed by atoms with Gasteiger partial charge in [0.2, 0.25) is 0 Å². The average Bonchev–Trinajstić information content (AvgIpc) is 3.36. The number of aliphatic imine (C=N–C) groups is 1. The number of halogens is 3. The molecule has 2 fully saturated rings. The van der Waals surface area contributed by atoms with E-state index >= 15 is 0 Å². The molecule has 35 heavy (non-hydrogen) atoms. The lowest BCUT2D eigenvalue weighted by Crippen LogP contribution is -2.39. The quantitative estimate of drug-likeness (QED) is 0.629. The smallest absolute Gasteiger partial charge is 0.392 e. The number of likely N-dealkylation sites (tertiary alicyclic amines) is 1. The number of nitrogens with zero attached hydrogens (tertiary/aromatic N) is 3. The molecule has 3 aliphatic rings. The Balaban J connectivity index is 0.000000204. The third kappa shape index (κ3) is 5.45. The number of fused-ring (bicyclic) bond motifs is 3. The van der Waals surface area contributed by atoms with Crippen LogP contribution in [0.3, 0.4) is 0 Å². The first-order valence-corrected chi connectivity index (χ1v) is 12.0. The predicted molar refractivity (Wildman–Crippen MR) is 128 cm³/mol. The van der Waals surface area contributed by atoms with E-state index in [9.17, 15) is 18.0 Å². The van der Waals surface area contributed by atoms with Gasteiger partial charge >= 0.3 is 6.18 Å². The molecule has 3 aliphatic heterocycles. The van der Waals surface area contributed by atoms with Crippen molar-refractivity contribution in [1.82, 2.24) is 9.80 Å². The number of alkyl halides is 3. The number of benzene rings is 2. The number of guanidine groups is 1. The van der Waals surface area contributed by atoms with Gasteiger partial charge in [0.15, 0.2) is 5.96 Å². The van der Waals surface area contributed by atoms with Crippen molar-refractivity contribution in [3.8, 4) is 0 Å². The minimum Gasteiger partial charge on any atom is -0.392 e. The molecule has 3 N–H and O–H groups in total. The molecule has 0 saturated carbocycles. The van der Waals surface area contributed by atoms with Gasteiger partial charge in [0.05, 0.1) is 23.9 Å². The zero-order valence-corrected chi connectivity index (χ0v) is 19.8. The van der Waals surface area contributed by atoms with E-state index in [-0.39, 0.29) is 24.1 Å². The number of hydrogen-bond donors (Lipinski definition) is 2. The predicted octanol–water partition coefficient (Wildman–Crippen LogP) is 4.92. The van der Waals surface area contributed by atoms with Crippen LogP contribution in [-0.4, -0.2) is 46.4 Å². The number of hydrogen-bond acceptors (Lipinski definition) is 5. The zero-order chi connectivity index (χ0) is 25.2. The van der Waals surface area contributed by atoms with Crippen LogP contribution in [0.2, 0.25) is 0 Å². The van der Waals surface area contributed by atoms with Crippen molar-refractivity contribution >= 4 is 17.6 Å². The Morgan fingerprint density at radius 3 is 2.54 bits per heavy atom. The number of carbonyl (C=O) groups is 1. The number of amides is 1. The van der Waals surface area contributed by atoms with Crippen molar-refractivity contribution in [3.63, 3.8) is 0 Å². The maximum atomic E-state index is 12.8. The summed E-state index contributed by atoms with van der Waals surface area (Å²) in [6, 6.07) is 8.95. The Morgan fingerprint density at radius 2 is 1.86 bits per heavy atom. The minimum atomic E-state index is -4.33. The summed E-state index contributed by atoms with van der Waals surface area (Å²) in [5.74, 6) is 0.792. The molecule has 1 amide bonds. The lowest BCUT2D eigenvalue weighted by Gasteiger charge is -2.32. The lowest BCUT2D eigenvalue weighted by atomic mass is 9.94. The molecule has 5 rings (SSSR count). The number of aliphatic hydroxyl groups excluding tert-OH is 1. The third-order valence-corrected chi connectivity index (χ3v) is 6.79. The van der Waals surface area contributed by atoms with Crippen LogP contribution in [0.5, 0.6) is 0 Å². The number of nitrogens with two attached hydrogens (primary N) is 1. The van der Waals surface area contributed by atoms with Crippen LogP contribution in [0.25, 0.3) is 0 Å². The van der Waals surface area contributed by atoms with Crippen LogP contribution in [0.4, 0.5) is 18.9 Å². The molecule has 0 radical (unpaired) electrons. The number of rotatable bonds is 2. The largest absolute Gasteiger partial charge is 0.416 e. The second-order valence-electron chi connectivity index (χ2n) is 9.26. The fourth-order valence-corrected chi connectivity index (χ4v) is 5.01. The van der Waals surface area contributed by atoms with Gasteiger partial charge in [0, 0.05) is 30.8 Å². The molecule has 3 heterocycles. The van der Waals surface area contributed by atoms with Gasteiger partial charge in [-0.15, -0.1) is 0 Å². The molecule has 6 nitrogen and oxygen atoms in total. The Morgan fingerprint density at radius 1 is 1.11 bits per heavy atom. The van der Waals surface area contributed by atoms with Gasteiger partial charge in [-0.3, -0.25) is 4.79 Å². The SMILES string of the molecule is Cc1cc(C(=O)N2CCCCC2)cc2c1N=C(N)N1CCCC21.OCc1cccc(C(F)(F)F)c1. The van der Waals surface area contributed by atoms with Crippen molar-refractivity contribution in [3.05, 3.63) is 64.2 Å². The van der Waals surface area contributed by atoms with Gasteiger partial charge in [-0.25, -0.2) is 4.99 Å². The molecule has 2 saturated heterocycles. The summed E-state index contributed by atoms with van der Waals surface area (Å²) in [5.41, 5.74) is 9.67. The van der Waals surface area contributed by atoms with E-state index in [1.807, 2.05) is 17.9 Å². The fraction of sp³-hybridized carbons (Fsp3) is 0.462. The van der Waals surface area contributed by atoms with E-state index in [1.165, 1.54) is 24.1 Å². The Hall–Kier alpha value is -3.07. The maximum Gasteiger partial charge on any atom is 0.416 e. The lowest BCUT2D eigenvalue weighted by molar-refractivity contribution is -0.137. The summed E-state index contributed by atoms with van der Waals surface area (Å²) in [4.78, 5) is 21.6. The van der Waals surface area contributed by atoms with Gasteiger partial charge < -0.3 is 20.6 Å². The summed E-state index contributed by atoms with van der Waals surface area (Å²) in [5, 5.41) is 8.56. The second kappa shape index (κ2) is 10.3. The first-order valence-electron chi connectivity index (χ1n) is 12.0. The molecular formula is C26H31F3N4O2. The zero-order valence-electron chi connectivity index (χ0n) is 19.8. The van der Waals surface area contributed by atoms with Crippen molar-refractivity contribution < 1.29 is 23.1 Å². The van der Waals surface area contributed by atoms with E-state index in [1.54, 1.807) is 0 Å². The molecule has 1 unspecified atom stereocenters. The van der Waals surface area contributed by atoms with Crippen molar-refractivity contribution in [1.29, 1.82) is 0 Å². The van der Waals surface area contributed by atoms with Crippen molar-refractivity contribution in [2.45, 2.75) is 57.9 Å². The highest BCUT2D eigenvalue weighted by Crippen LogP contribution is 2.42. The van der Waals surface area contributed by atoms with Crippen LogP contribution in [0, 0.1) is 6.92 Å². The molecule has 2 aromatic carbocycles. The van der Waals surface area contributed by atoms with E-state index in [4.69, 9.17) is 10.8 Å². The number of piperidine rings is 1. The van der Waals surface area contributed by atoms with Crippen LogP contribution in [0.15, 0.2) is 41.4 Å². The Kier molecular flexibility index (Phi) is 7.35. The molecule has 1 atom stereocenters. The van der Waals surface area contributed by atoms with Gasteiger partial charge in [-0.05, 0) is 74.4 Å². The highest BCUT2D eigenvalue weighted by molar-refractivity contribution is 5.96. The van der Waals surface area contributed by atoms with E-state index in [2.05, 4.69) is 16.0 Å².